The Morgan fingerprint density at radius 1 is 0.406 bits per heavy atom. The SMILES string of the molecule is CCCCCCCCc1nc(CC)nc(CCCCCCCC)c1CCCCCCCC. The molecule has 1 aromatic heterocycles. The topological polar surface area (TPSA) is 25.8 Å². The van der Waals surface area contributed by atoms with E-state index in [9.17, 15) is 0 Å². The Balaban J connectivity index is 2.74. The van der Waals surface area contributed by atoms with Gasteiger partial charge < -0.3 is 0 Å². The Morgan fingerprint density at radius 3 is 1.12 bits per heavy atom. The molecule has 0 amide bonds. The van der Waals surface area contributed by atoms with Crippen molar-refractivity contribution in [3.05, 3.63) is 22.8 Å². The van der Waals surface area contributed by atoms with Crippen LogP contribution in [0.3, 0.4) is 0 Å². The molecule has 1 heterocycles. The van der Waals surface area contributed by atoms with E-state index >= 15 is 0 Å². The van der Waals surface area contributed by atoms with E-state index in [0.29, 0.717) is 0 Å². The maximum Gasteiger partial charge on any atom is 0.128 e. The van der Waals surface area contributed by atoms with Gasteiger partial charge in [0.05, 0.1) is 0 Å². The first-order valence-corrected chi connectivity index (χ1v) is 14.6. The van der Waals surface area contributed by atoms with E-state index in [1.807, 2.05) is 0 Å². The molecule has 0 atom stereocenters. The molecule has 1 aromatic rings. The highest BCUT2D eigenvalue weighted by Crippen LogP contribution is 2.22. The Hall–Kier alpha value is -0.920. The van der Waals surface area contributed by atoms with Crippen LogP contribution in [0, 0.1) is 0 Å². The van der Waals surface area contributed by atoms with Crippen molar-refractivity contribution < 1.29 is 0 Å². The first-order valence-electron chi connectivity index (χ1n) is 14.6. The van der Waals surface area contributed by atoms with Crippen LogP contribution >= 0.6 is 0 Å². The smallest absolute Gasteiger partial charge is 0.128 e. The molecule has 2 nitrogen and oxygen atoms in total. The molecule has 0 saturated carbocycles. The van der Waals surface area contributed by atoms with Gasteiger partial charge in [-0.15, -0.1) is 0 Å². The van der Waals surface area contributed by atoms with Crippen molar-refractivity contribution in [2.24, 2.45) is 0 Å². The summed E-state index contributed by atoms with van der Waals surface area (Å²) in [6.07, 6.45) is 29.0. The largest absolute Gasteiger partial charge is 0.238 e. The fourth-order valence-electron chi connectivity index (χ4n) is 4.73. The van der Waals surface area contributed by atoms with Gasteiger partial charge in [-0.25, -0.2) is 9.97 Å². The summed E-state index contributed by atoms with van der Waals surface area (Å²) in [6.45, 7) is 9.11. The quantitative estimate of drug-likeness (QED) is 0.166. The number of unbranched alkanes of at least 4 members (excludes halogenated alkanes) is 15. The second kappa shape index (κ2) is 20.7. The van der Waals surface area contributed by atoms with Gasteiger partial charge in [0.1, 0.15) is 5.82 Å². The maximum atomic E-state index is 5.07. The van der Waals surface area contributed by atoms with Crippen molar-refractivity contribution in [3.8, 4) is 0 Å². The predicted octanol–water partition coefficient (Wildman–Crippen LogP) is 9.75. The molecule has 0 aliphatic carbocycles. The predicted molar refractivity (Wildman–Crippen MR) is 143 cm³/mol. The van der Waals surface area contributed by atoms with E-state index in [4.69, 9.17) is 9.97 Å². The highest BCUT2D eigenvalue weighted by Gasteiger charge is 2.14. The minimum atomic E-state index is 0.963. The summed E-state index contributed by atoms with van der Waals surface area (Å²) in [5, 5.41) is 0. The molecule has 0 unspecified atom stereocenters. The summed E-state index contributed by atoms with van der Waals surface area (Å²) in [4.78, 5) is 10.1. The second-order valence-corrected chi connectivity index (χ2v) is 9.92. The molecule has 0 aliphatic heterocycles. The van der Waals surface area contributed by atoms with Gasteiger partial charge >= 0.3 is 0 Å². The van der Waals surface area contributed by atoms with Crippen LogP contribution in [-0.2, 0) is 25.7 Å². The van der Waals surface area contributed by atoms with Crippen molar-refractivity contribution in [1.82, 2.24) is 9.97 Å². The fraction of sp³-hybridized carbons (Fsp3) is 0.867. The van der Waals surface area contributed by atoms with Gasteiger partial charge in [0.2, 0.25) is 0 Å². The molecule has 0 bridgehead atoms. The zero-order chi connectivity index (χ0) is 23.3. The minimum absolute atomic E-state index is 0.963. The lowest BCUT2D eigenvalue weighted by molar-refractivity contribution is 0.583. The van der Waals surface area contributed by atoms with Crippen LogP contribution in [0.5, 0.6) is 0 Å². The van der Waals surface area contributed by atoms with Gasteiger partial charge in [0.15, 0.2) is 0 Å². The van der Waals surface area contributed by atoms with Crippen molar-refractivity contribution in [1.29, 1.82) is 0 Å². The molecule has 0 radical (unpaired) electrons. The Bertz CT molecular complexity index is 515. The highest BCUT2D eigenvalue weighted by molar-refractivity contribution is 5.27. The number of aryl methyl sites for hydroxylation is 3. The first-order chi connectivity index (χ1) is 15.8. The summed E-state index contributed by atoms with van der Waals surface area (Å²) in [7, 11) is 0. The van der Waals surface area contributed by atoms with Gasteiger partial charge in [-0.2, -0.15) is 0 Å². The summed E-state index contributed by atoms with van der Waals surface area (Å²) in [5.74, 6) is 1.08. The molecule has 0 aromatic carbocycles. The van der Waals surface area contributed by atoms with Crippen molar-refractivity contribution in [2.75, 3.05) is 0 Å². The summed E-state index contributed by atoms with van der Waals surface area (Å²) < 4.78 is 0. The lowest BCUT2D eigenvalue weighted by Gasteiger charge is -2.16. The number of nitrogens with zero attached hydrogens (tertiary/aromatic N) is 2. The summed E-state index contributed by atoms with van der Waals surface area (Å²) >= 11 is 0. The lowest BCUT2D eigenvalue weighted by Crippen LogP contribution is -2.11. The average Bonchev–Trinajstić information content (AvgIpc) is 2.81. The first kappa shape index (κ1) is 29.1. The third kappa shape index (κ3) is 13.6. The Labute approximate surface area is 201 Å². The standard InChI is InChI=1S/C30H56N2/c1-5-9-12-15-18-21-24-27-28(25-22-19-16-13-10-6-2)31-30(8-4)32-29(27)26-23-20-17-14-11-7-3/h5-26H2,1-4H3. The van der Waals surface area contributed by atoms with Crippen molar-refractivity contribution in [2.45, 2.75) is 169 Å². The Morgan fingerprint density at radius 2 is 0.750 bits per heavy atom. The van der Waals surface area contributed by atoms with E-state index in [1.165, 1.54) is 133 Å². The molecule has 0 spiro atoms. The molecule has 186 valence electrons. The lowest BCUT2D eigenvalue weighted by atomic mass is 9.96. The maximum absolute atomic E-state index is 5.07. The molecule has 32 heavy (non-hydrogen) atoms. The summed E-state index contributed by atoms with van der Waals surface area (Å²) in [5.41, 5.74) is 4.35. The second-order valence-electron chi connectivity index (χ2n) is 9.92. The third-order valence-corrected chi connectivity index (χ3v) is 6.86. The molecular weight excluding hydrogens is 388 g/mol. The van der Waals surface area contributed by atoms with Crippen LogP contribution in [0.25, 0.3) is 0 Å². The fourth-order valence-corrected chi connectivity index (χ4v) is 4.73. The van der Waals surface area contributed by atoms with Gasteiger partial charge in [-0.05, 0) is 44.1 Å². The van der Waals surface area contributed by atoms with Crippen molar-refractivity contribution >= 4 is 0 Å². The van der Waals surface area contributed by atoms with E-state index in [2.05, 4.69) is 27.7 Å². The van der Waals surface area contributed by atoms with Crippen LogP contribution < -0.4 is 0 Å². The third-order valence-electron chi connectivity index (χ3n) is 6.86. The highest BCUT2D eigenvalue weighted by atomic mass is 14.9. The monoisotopic (exact) mass is 444 g/mol. The van der Waals surface area contributed by atoms with E-state index in [1.54, 1.807) is 5.56 Å². The molecule has 0 fully saturated rings. The van der Waals surface area contributed by atoms with Crippen molar-refractivity contribution in [3.63, 3.8) is 0 Å². The zero-order valence-electron chi connectivity index (χ0n) is 22.5. The number of hydrogen-bond acceptors (Lipinski definition) is 2. The number of rotatable bonds is 22. The normalized spacial score (nSPS) is 11.4. The molecule has 1 rings (SSSR count). The number of hydrogen-bond donors (Lipinski definition) is 0. The van der Waals surface area contributed by atoms with Crippen LogP contribution in [0.2, 0.25) is 0 Å². The molecule has 0 N–H and O–H groups in total. The average molecular weight is 445 g/mol. The van der Waals surface area contributed by atoms with Crippen LogP contribution in [0.1, 0.15) is 166 Å². The van der Waals surface area contributed by atoms with Gasteiger partial charge in [-0.1, -0.05) is 124 Å². The van der Waals surface area contributed by atoms with E-state index < -0.39 is 0 Å². The molecular formula is C30H56N2. The molecule has 2 heteroatoms. The van der Waals surface area contributed by atoms with Crippen LogP contribution in [-0.4, -0.2) is 9.97 Å². The number of aromatic nitrogens is 2. The zero-order valence-corrected chi connectivity index (χ0v) is 22.5. The minimum Gasteiger partial charge on any atom is -0.238 e. The van der Waals surface area contributed by atoms with Gasteiger partial charge in [-0.3, -0.25) is 0 Å². The van der Waals surface area contributed by atoms with Crippen LogP contribution in [0.4, 0.5) is 0 Å². The van der Waals surface area contributed by atoms with E-state index in [0.717, 1.165) is 25.1 Å². The molecule has 0 aliphatic rings. The Kier molecular flexibility index (Phi) is 18.8. The molecule has 0 saturated heterocycles. The van der Waals surface area contributed by atoms with E-state index in [-0.39, 0.29) is 0 Å². The summed E-state index contributed by atoms with van der Waals surface area (Å²) in [6, 6.07) is 0. The van der Waals surface area contributed by atoms with Gasteiger partial charge in [0.25, 0.3) is 0 Å². The van der Waals surface area contributed by atoms with Crippen LogP contribution in [0.15, 0.2) is 0 Å². The van der Waals surface area contributed by atoms with Gasteiger partial charge in [0, 0.05) is 17.8 Å².